The van der Waals surface area contributed by atoms with Gasteiger partial charge in [0.05, 0.1) is 5.39 Å². The van der Waals surface area contributed by atoms with Crippen LogP contribution >= 0.6 is 0 Å². The Hall–Kier alpha value is -3.20. The highest BCUT2D eigenvalue weighted by Gasteiger charge is 2.27. The normalized spacial score (nSPS) is 16.6. The van der Waals surface area contributed by atoms with Gasteiger partial charge in [0.25, 0.3) is 0 Å². The summed E-state index contributed by atoms with van der Waals surface area (Å²) in [5.74, 6) is 0.435. The second kappa shape index (κ2) is 7.32. The first-order valence-corrected chi connectivity index (χ1v) is 9.74. The average Bonchev–Trinajstić information content (AvgIpc) is 3.36. The molecule has 1 unspecified atom stereocenters. The first-order chi connectivity index (χ1) is 14.2. The van der Waals surface area contributed by atoms with E-state index in [1.54, 1.807) is 6.07 Å². The quantitative estimate of drug-likeness (QED) is 0.514. The van der Waals surface area contributed by atoms with Crippen LogP contribution in [-0.2, 0) is 0 Å². The second-order valence-corrected chi connectivity index (χ2v) is 7.09. The minimum absolute atomic E-state index is 0.106. The lowest BCUT2D eigenvalue weighted by molar-refractivity contribution is -0.0796. The lowest BCUT2D eigenvalue weighted by Gasteiger charge is -2.38. The lowest BCUT2D eigenvalue weighted by atomic mass is 10.2. The number of aromatic nitrogens is 4. The number of hydrogen-bond donors (Lipinski definition) is 0. The van der Waals surface area contributed by atoms with Crippen molar-refractivity contribution < 1.29 is 13.8 Å². The summed E-state index contributed by atoms with van der Waals surface area (Å²) in [6.45, 7) is 5.26. The molecule has 0 bridgehead atoms. The minimum Gasteiger partial charge on any atom is -0.375 e. The molecule has 0 N–H and O–H groups in total. The molecule has 9 heteroatoms. The highest BCUT2D eigenvalue weighted by molar-refractivity contribution is 5.88. The van der Waals surface area contributed by atoms with Crippen LogP contribution in [0.25, 0.3) is 22.0 Å². The SMILES string of the molecule is CCC(On1nnc2ccccc21)N1CCN(c2noc3cc(F)ccc23)CC1. The van der Waals surface area contributed by atoms with Gasteiger partial charge in [-0.3, -0.25) is 4.90 Å². The Bertz CT molecular complexity index is 1130. The van der Waals surface area contributed by atoms with Crippen LogP contribution in [-0.4, -0.2) is 57.6 Å². The van der Waals surface area contributed by atoms with Crippen molar-refractivity contribution >= 4 is 27.8 Å². The van der Waals surface area contributed by atoms with E-state index in [1.807, 2.05) is 24.3 Å². The van der Waals surface area contributed by atoms with E-state index in [0.717, 1.165) is 54.8 Å². The van der Waals surface area contributed by atoms with Gasteiger partial charge in [0.15, 0.2) is 17.6 Å². The first-order valence-electron chi connectivity index (χ1n) is 9.74. The van der Waals surface area contributed by atoms with Crippen molar-refractivity contribution in [2.45, 2.75) is 19.6 Å². The van der Waals surface area contributed by atoms with E-state index in [4.69, 9.17) is 9.36 Å². The van der Waals surface area contributed by atoms with Crippen molar-refractivity contribution in [3.8, 4) is 0 Å². The smallest absolute Gasteiger partial charge is 0.181 e. The molecule has 8 nitrogen and oxygen atoms in total. The number of piperazine rings is 1. The van der Waals surface area contributed by atoms with Gasteiger partial charge in [-0.25, -0.2) is 4.39 Å². The Morgan fingerprint density at radius 2 is 1.97 bits per heavy atom. The van der Waals surface area contributed by atoms with Gasteiger partial charge in [-0.15, -0.1) is 5.10 Å². The molecule has 5 rings (SSSR count). The Morgan fingerprint density at radius 3 is 2.79 bits per heavy atom. The maximum absolute atomic E-state index is 13.4. The predicted molar refractivity (Wildman–Crippen MR) is 106 cm³/mol. The molecule has 1 aliphatic heterocycles. The van der Waals surface area contributed by atoms with E-state index in [9.17, 15) is 4.39 Å². The molecule has 0 amide bonds. The van der Waals surface area contributed by atoms with Crippen molar-refractivity contribution in [1.82, 2.24) is 25.2 Å². The third kappa shape index (κ3) is 3.27. The molecule has 1 atom stereocenters. The fourth-order valence-corrected chi connectivity index (χ4v) is 3.79. The topological polar surface area (TPSA) is 72.5 Å². The van der Waals surface area contributed by atoms with Crippen LogP contribution < -0.4 is 9.74 Å². The van der Waals surface area contributed by atoms with Crippen LogP contribution in [0.5, 0.6) is 0 Å². The molecule has 3 heterocycles. The van der Waals surface area contributed by atoms with Gasteiger partial charge >= 0.3 is 0 Å². The summed E-state index contributed by atoms with van der Waals surface area (Å²) in [6.07, 6.45) is 0.714. The number of para-hydroxylation sites is 1. The number of rotatable bonds is 5. The molecule has 0 radical (unpaired) electrons. The van der Waals surface area contributed by atoms with Gasteiger partial charge in [-0.1, -0.05) is 29.1 Å². The standard InChI is InChI=1S/C20H21FN6O2/c1-2-19(29-27-17-6-4-3-5-16(17)22-24-27)25-9-11-26(12-10-25)20-15-8-7-14(21)13-18(15)28-23-20/h3-8,13,19H,2,9-12H2,1H3. The maximum atomic E-state index is 13.4. The van der Waals surface area contributed by atoms with Crippen LogP contribution in [0.4, 0.5) is 10.2 Å². The Balaban J connectivity index is 1.28. The van der Waals surface area contributed by atoms with Crippen LogP contribution in [0.15, 0.2) is 47.0 Å². The van der Waals surface area contributed by atoms with Crippen molar-refractivity contribution in [2.24, 2.45) is 0 Å². The zero-order valence-electron chi connectivity index (χ0n) is 16.0. The van der Waals surface area contributed by atoms with Crippen LogP contribution in [0.2, 0.25) is 0 Å². The second-order valence-electron chi connectivity index (χ2n) is 7.09. The summed E-state index contributed by atoms with van der Waals surface area (Å²) in [6, 6.07) is 12.2. The molecule has 0 spiro atoms. The van der Waals surface area contributed by atoms with Crippen molar-refractivity contribution in [1.29, 1.82) is 0 Å². The van der Waals surface area contributed by atoms with Crippen LogP contribution in [0, 0.1) is 5.82 Å². The van der Waals surface area contributed by atoms with Crippen LogP contribution in [0.3, 0.4) is 0 Å². The molecule has 2 aromatic carbocycles. The van der Waals surface area contributed by atoms with E-state index >= 15 is 0 Å². The van der Waals surface area contributed by atoms with Crippen molar-refractivity contribution in [2.75, 3.05) is 31.1 Å². The number of nitrogens with zero attached hydrogens (tertiary/aromatic N) is 6. The third-order valence-electron chi connectivity index (χ3n) is 5.33. The number of hydrogen-bond acceptors (Lipinski definition) is 7. The summed E-state index contributed by atoms with van der Waals surface area (Å²) in [7, 11) is 0. The first kappa shape index (κ1) is 17.9. The fraction of sp³-hybridized carbons (Fsp3) is 0.350. The van der Waals surface area contributed by atoms with E-state index in [2.05, 4.69) is 32.2 Å². The summed E-state index contributed by atoms with van der Waals surface area (Å²) >= 11 is 0. The van der Waals surface area contributed by atoms with E-state index in [1.165, 1.54) is 17.0 Å². The Labute approximate surface area is 166 Å². The molecule has 1 saturated heterocycles. The predicted octanol–water partition coefficient (Wildman–Crippen LogP) is 2.70. The average molecular weight is 396 g/mol. The van der Waals surface area contributed by atoms with Gasteiger partial charge in [0, 0.05) is 32.2 Å². The maximum Gasteiger partial charge on any atom is 0.181 e. The number of benzene rings is 2. The number of halogens is 1. The zero-order chi connectivity index (χ0) is 19.8. The van der Waals surface area contributed by atoms with Gasteiger partial charge in [0.1, 0.15) is 16.9 Å². The summed E-state index contributed by atoms with van der Waals surface area (Å²) in [5.41, 5.74) is 2.13. The molecule has 1 aliphatic rings. The monoisotopic (exact) mass is 396 g/mol. The molecule has 2 aromatic heterocycles. The van der Waals surface area contributed by atoms with Crippen molar-refractivity contribution in [3.63, 3.8) is 0 Å². The molecule has 29 heavy (non-hydrogen) atoms. The highest BCUT2D eigenvalue weighted by Crippen LogP contribution is 2.27. The molecule has 150 valence electrons. The van der Waals surface area contributed by atoms with Gasteiger partial charge in [-0.05, 0) is 35.9 Å². The van der Waals surface area contributed by atoms with Gasteiger partial charge < -0.3 is 14.3 Å². The van der Waals surface area contributed by atoms with E-state index < -0.39 is 0 Å². The molecule has 0 saturated carbocycles. The molecule has 0 aliphatic carbocycles. The Kier molecular flexibility index (Phi) is 4.51. The molecule has 4 aromatic rings. The zero-order valence-corrected chi connectivity index (χ0v) is 16.0. The number of anilines is 1. The van der Waals surface area contributed by atoms with Gasteiger partial charge in [0.2, 0.25) is 0 Å². The molecular weight excluding hydrogens is 375 g/mol. The minimum atomic E-state index is -0.325. The molecule has 1 fully saturated rings. The molecular formula is C20H21FN6O2. The van der Waals surface area contributed by atoms with E-state index in [0.29, 0.717) is 5.58 Å². The largest absolute Gasteiger partial charge is 0.375 e. The Morgan fingerprint density at radius 1 is 1.14 bits per heavy atom. The van der Waals surface area contributed by atoms with Gasteiger partial charge in [-0.2, -0.15) is 0 Å². The summed E-state index contributed by atoms with van der Waals surface area (Å²) in [4.78, 5) is 12.1. The summed E-state index contributed by atoms with van der Waals surface area (Å²) in [5, 5.41) is 13.3. The summed E-state index contributed by atoms with van der Waals surface area (Å²) < 4.78 is 18.7. The lowest BCUT2D eigenvalue weighted by Crippen LogP contribution is -2.53. The third-order valence-corrected chi connectivity index (χ3v) is 5.33. The fourth-order valence-electron chi connectivity index (χ4n) is 3.79. The highest BCUT2D eigenvalue weighted by atomic mass is 19.1. The van der Waals surface area contributed by atoms with E-state index in [-0.39, 0.29) is 12.0 Å². The van der Waals surface area contributed by atoms with Crippen LogP contribution in [0.1, 0.15) is 13.3 Å². The number of fused-ring (bicyclic) bond motifs is 2. The van der Waals surface area contributed by atoms with Crippen molar-refractivity contribution in [3.05, 3.63) is 48.3 Å².